The highest BCUT2D eigenvalue weighted by Crippen LogP contribution is 2.26. The molecule has 0 fully saturated rings. The second-order valence-corrected chi connectivity index (χ2v) is 5.83. The SMILES string of the molecule is CN(C)Cc1ccccc1CNC(=O)c1cc(F)cc([N+](=O)[O-])c1N. The second kappa shape index (κ2) is 7.71. The largest absolute Gasteiger partial charge is 0.393 e. The number of carbonyl (C=O) groups is 1. The van der Waals surface area contributed by atoms with Crippen molar-refractivity contribution >= 4 is 17.3 Å². The molecule has 0 atom stereocenters. The van der Waals surface area contributed by atoms with Gasteiger partial charge in [0.15, 0.2) is 0 Å². The minimum Gasteiger partial charge on any atom is -0.393 e. The molecule has 0 saturated heterocycles. The number of rotatable bonds is 6. The quantitative estimate of drug-likeness (QED) is 0.475. The first-order valence-electron chi connectivity index (χ1n) is 7.52. The van der Waals surface area contributed by atoms with Crippen LogP contribution in [-0.2, 0) is 13.1 Å². The molecule has 0 aromatic heterocycles. The number of halogens is 1. The highest BCUT2D eigenvalue weighted by molar-refractivity contribution is 6.01. The molecular formula is C17H19FN4O3. The lowest BCUT2D eigenvalue weighted by molar-refractivity contribution is -0.384. The van der Waals surface area contributed by atoms with Gasteiger partial charge in [-0.25, -0.2) is 4.39 Å². The summed E-state index contributed by atoms with van der Waals surface area (Å²) in [5, 5.41) is 13.5. The van der Waals surface area contributed by atoms with Gasteiger partial charge in [-0.2, -0.15) is 0 Å². The maximum absolute atomic E-state index is 13.6. The Morgan fingerprint density at radius 2 is 1.92 bits per heavy atom. The molecule has 0 spiro atoms. The summed E-state index contributed by atoms with van der Waals surface area (Å²) >= 11 is 0. The molecule has 0 radical (unpaired) electrons. The molecule has 2 aromatic rings. The van der Waals surface area contributed by atoms with E-state index < -0.39 is 22.3 Å². The fourth-order valence-electron chi connectivity index (χ4n) is 2.44. The molecule has 7 nitrogen and oxygen atoms in total. The number of nitrogen functional groups attached to an aromatic ring is 1. The number of nitro benzene ring substituents is 1. The zero-order chi connectivity index (χ0) is 18.6. The highest BCUT2D eigenvalue weighted by atomic mass is 19.1. The zero-order valence-corrected chi connectivity index (χ0v) is 14.0. The topological polar surface area (TPSA) is 102 Å². The van der Waals surface area contributed by atoms with E-state index in [1.807, 2.05) is 43.3 Å². The first-order chi connectivity index (χ1) is 11.8. The fraction of sp³-hybridized carbons (Fsp3) is 0.235. The second-order valence-electron chi connectivity index (χ2n) is 5.83. The van der Waals surface area contributed by atoms with Gasteiger partial charge in [-0.3, -0.25) is 14.9 Å². The highest BCUT2D eigenvalue weighted by Gasteiger charge is 2.21. The smallest absolute Gasteiger partial charge is 0.295 e. The van der Waals surface area contributed by atoms with Crippen LogP contribution < -0.4 is 11.1 Å². The van der Waals surface area contributed by atoms with Gasteiger partial charge in [0, 0.05) is 13.1 Å². The molecule has 1 amide bonds. The van der Waals surface area contributed by atoms with Gasteiger partial charge in [0.1, 0.15) is 11.5 Å². The lowest BCUT2D eigenvalue weighted by atomic mass is 10.1. The number of anilines is 1. The lowest BCUT2D eigenvalue weighted by Gasteiger charge is -2.15. The molecule has 132 valence electrons. The van der Waals surface area contributed by atoms with Crippen molar-refractivity contribution in [2.75, 3.05) is 19.8 Å². The van der Waals surface area contributed by atoms with E-state index in [0.29, 0.717) is 12.6 Å². The van der Waals surface area contributed by atoms with Crippen molar-refractivity contribution in [3.8, 4) is 0 Å². The predicted octanol–water partition coefficient (Wildman–Crippen LogP) is 2.31. The average molecular weight is 346 g/mol. The number of benzene rings is 2. The summed E-state index contributed by atoms with van der Waals surface area (Å²) in [7, 11) is 3.86. The third-order valence-electron chi connectivity index (χ3n) is 3.61. The molecule has 0 aliphatic heterocycles. The van der Waals surface area contributed by atoms with Crippen molar-refractivity contribution < 1.29 is 14.1 Å². The number of nitrogens with one attached hydrogen (secondary N) is 1. The molecule has 0 aliphatic rings. The minimum atomic E-state index is -0.890. The summed E-state index contributed by atoms with van der Waals surface area (Å²) in [6.45, 7) is 0.895. The number of amides is 1. The minimum absolute atomic E-state index is 0.201. The van der Waals surface area contributed by atoms with Gasteiger partial charge in [0.2, 0.25) is 0 Å². The standard InChI is InChI=1S/C17H19FN4O3/c1-21(2)10-12-6-4-3-5-11(12)9-20-17(23)14-7-13(18)8-15(16(14)19)22(24)25/h3-8H,9-10,19H2,1-2H3,(H,20,23). The molecule has 2 rings (SSSR count). The molecule has 25 heavy (non-hydrogen) atoms. The van der Waals surface area contributed by atoms with Gasteiger partial charge in [-0.1, -0.05) is 24.3 Å². The average Bonchev–Trinajstić information content (AvgIpc) is 2.54. The van der Waals surface area contributed by atoms with Crippen LogP contribution in [0.15, 0.2) is 36.4 Å². The number of nitrogens with two attached hydrogens (primary N) is 1. The maximum Gasteiger partial charge on any atom is 0.295 e. The molecule has 8 heteroatoms. The van der Waals surface area contributed by atoms with E-state index in [-0.39, 0.29) is 17.8 Å². The number of nitrogens with zero attached hydrogens (tertiary/aromatic N) is 2. The molecule has 2 aromatic carbocycles. The Bertz CT molecular complexity index is 808. The lowest BCUT2D eigenvalue weighted by Crippen LogP contribution is -2.25. The first kappa shape index (κ1) is 18.3. The Morgan fingerprint density at radius 1 is 1.28 bits per heavy atom. The monoisotopic (exact) mass is 346 g/mol. The van der Waals surface area contributed by atoms with E-state index in [1.165, 1.54) is 0 Å². The van der Waals surface area contributed by atoms with Crippen molar-refractivity contribution in [3.05, 3.63) is 69.0 Å². The summed E-state index contributed by atoms with van der Waals surface area (Å²) < 4.78 is 13.6. The molecule has 0 bridgehead atoms. The number of nitro groups is 1. The summed E-state index contributed by atoms with van der Waals surface area (Å²) in [6.07, 6.45) is 0. The molecule has 0 aliphatic carbocycles. The maximum atomic E-state index is 13.6. The van der Waals surface area contributed by atoms with Crippen molar-refractivity contribution in [2.45, 2.75) is 13.1 Å². The molecule has 0 heterocycles. The van der Waals surface area contributed by atoms with E-state index in [9.17, 15) is 19.3 Å². The van der Waals surface area contributed by atoms with E-state index in [1.54, 1.807) is 0 Å². The van der Waals surface area contributed by atoms with E-state index in [4.69, 9.17) is 5.73 Å². The zero-order valence-electron chi connectivity index (χ0n) is 14.0. The van der Waals surface area contributed by atoms with Crippen molar-refractivity contribution in [1.29, 1.82) is 0 Å². The van der Waals surface area contributed by atoms with Crippen LogP contribution in [0.4, 0.5) is 15.8 Å². The van der Waals surface area contributed by atoms with Crippen molar-refractivity contribution in [2.24, 2.45) is 0 Å². The fourth-order valence-corrected chi connectivity index (χ4v) is 2.44. The molecular weight excluding hydrogens is 327 g/mol. The Balaban J connectivity index is 2.21. The Kier molecular flexibility index (Phi) is 5.66. The van der Waals surface area contributed by atoms with Crippen LogP contribution in [0.5, 0.6) is 0 Å². The van der Waals surface area contributed by atoms with Gasteiger partial charge >= 0.3 is 0 Å². The summed E-state index contributed by atoms with van der Waals surface area (Å²) in [4.78, 5) is 24.4. The van der Waals surface area contributed by atoms with Crippen LogP contribution in [0, 0.1) is 15.9 Å². The van der Waals surface area contributed by atoms with Gasteiger partial charge < -0.3 is 16.0 Å². The van der Waals surface area contributed by atoms with Crippen LogP contribution in [0.3, 0.4) is 0 Å². The van der Waals surface area contributed by atoms with Crippen LogP contribution >= 0.6 is 0 Å². The van der Waals surface area contributed by atoms with E-state index in [2.05, 4.69) is 5.32 Å². The van der Waals surface area contributed by atoms with E-state index in [0.717, 1.165) is 17.2 Å². The van der Waals surface area contributed by atoms with Crippen molar-refractivity contribution in [1.82, 2.24) is 10.2 Å². The van der Waals surface area contributed by atoms with E-state index >= 15 is 0 Å². The van der Waals surface area contributed by atoms with Gasteiger partial charge in [0.25, 0.3) is 11.6 Å². The Morgan fingerprint density at radius 3 is 2.52 bits per heavy atom. The van der Waals surface area contributed by atoms with Gasteiger partial charge in [-0.15, -0.1) is 0 Å². The summed E-state index contributed by atoms with van der Waals surface area (Å²) in [5.74, 6) is -1.56. The Hall–Kier alpha value is -3.00. The third kappa shape index (κ3) is 4.51. The molecule has 3 N–H and O–H groups in total. The van der Waals surface area contributed by atoms with Gasteiger partial charge in [-0.05, 0) is 31.3 Å². The normalized spacial score (nSPS) is 10.7. The van der Waals surface area contributed by atoms with Crippen molar-refractivity contribution in [3.63, 3.8) is 0 Å². The summed E-state index contributed by atoms with van der Waals surface area (Å²) in [5.41, 5.74) is 6.34. The number of carbonyl (C=O) groups excluding carboxylic acids is 1. The third-order valence-corrected chi connectivity index (χ3v) is 3.61. The van der Waals surface area contributed by atoms with Crippen LogP contribution in [-0.4, -0.2) is 29.8 Å². The van der Waals surface area contributed by atoms with Crippen LogP contribution in [0.25, 0.3) is 0 Å². The predicted molar refractivity (Wildman–Crippen MR) is 92.5 cm³/mol. The first-order valence-corrected chi connectivity index (χ1v) is 7.52. The Labute approximate surface area is 144 Å². The van der Waals surface area contributed by atoms with Crippen LogP contribution in [0.1, 0.15) is 21.5 Å². The summed E-state index contributed by atoms with van der Waals surface area (Å²) in [6, 6.07) is 9.15. The van der Waals surface area contributed by atoms with Gasteiger partial charge in [0.05, 0.1) is 16.6 Å². The number of hydrogen-bond acceptors (Lipinski definition) is 5. The molecule has 0 unspecified atom stereocenters. The molecule has 0 saturated carbocycles. The number of hydrogen-bond donors (Lipinski definition) is 2. The van der Waals surface area contributed by atoms with Crippen LogP contribution in [0.2, 0.25) is 0 Å².